The van der Waals surface area contributed by atoms with Gasteiger partial charge in [-0.25, -0.2) is 4.99 Å². The van der Waals surface area contributed by atoms with E-state index in [0.717, 1.165) is 6.21 Å². The van der Waals surface area contributed by atoms with E-state index in [9.17, 15) is 13.2 Å². The van der Waals surface area contributed by atoms with E-state index in [0.29, 0.717) is 0 Å². The third-order valence-electron chi connectivity index (χ3n) is 2.28. The Morgan fingerprint density at radius 1 is 1.04 bits per heavy atom. The Bertz CT molecular complexity index is 793. The first-order chi connectivity index (χ1) is 11.0. The molecule has 0 saturated carbocycles. The Morgan fingerprint density at radius 3 is 1.92 bits per heavy atom. The second-order valence-corrected chi connectivity index (χ2v) is 6.38. The van der Waals surface area contributed by atoms with Gasteiger partial charge in [0.15, 0.2) is 5.70 Å². The number of hydrogen-bond acceptors (Lipinski definition) is 5. The highest BCUT2D eigenvalue weighted by Gasteiger charge is 2.33. The Labute approximate surface area is 158 Å². The summed E-state index contributed by atoms with van der Waals surface area (Å²) in [5, 5.41) is 15.8. The van der Waals surface area contributed by atoms with Gasteiger partial charge in [-0.3, -0.25) is 0 Å². The molecule has 0 fully saturated rings. The van der Waals surface area contributed by atoms with Crippen LogP contribution in [-0.4, -0.2) is 11.7 Å². The summed E-state index contributed by atoms with van der Waals surface area (Å²) in [4.78, 5) is 3.06. The summed E-state index contributed by atoms with van der Waals surface area (Å²) >= 11 is 22.8. The molecule has 0 amide bonds. The number of allylic oxidation sites excluding steroid dienone is 2. The molecule has 0 aliphatic carbocycles. The van der Waals surface area contributed by atoms with Gasteiger partial charge in [0.1, 0.15) is 17.8 Å². The molecule has 12 heteroatoms. The zero-order valence-electron chi connectivity index (χ0n) is 11.1. The highest BCUT2D eigenvalue weighted by atomic mass is 35.5. The van der Waals surface area contributed by atoms with Gasteiger partial charge >= 0.3 is 5.51 Å². The molecule has 0 aliphatic rings. The molecule has 0 bridgehead atoms. The molecule has 0 heterocycles. The number of rotatable bonds is 3. The van der Waals surface area contributed by atoms with Crippen molar-refractivity contribution in [2.75, 3.05) is 0 Å². The second-order valence-electron chi connectivity index (χ2n) is 3.79. The lowest BCUT2D eigenvalue weighted by Gasteiger charge is -2.14. The fourth-order valence-corrected chi connectivity index (χ4v) is 3.21. The molecule has 0 atom stereocenters. The normalized spacial score (nSPS) is 12.7. The van der Waals surface area contributed by atoms with Crippen LogP contribution in [0, 0.1) is 22.7 Å². The summed E-state index contributed by atoms with van der Waals surface area (Å²) in [6.07, 6.45) is 0.924. The van der Waals surface area contributed by atoms with Crippen molar-refractivity contribution >= 4 is 64.4 Å². The molecule has 126 valence electrons. The van der Waals surface area contributed by atoms with Crippen LogP contribution in [0.3, 0.4) is 0 Å². The average Bonchev–Trinajstić information content (AvgIpc) is 2.51. The van der Waals surface area contributed by atoms with Gasteiger partial charge in [-0.05, 0) is 11.8 Å². The summed E-state index contributed by atoms with van der Waals surface area (Å²) in [6, 6.07) is 3.08. The maximum absolute atomic E-state index is 12.5. The summed E-state index contributed by atoms with van der Waals surface area (Å²) in [6.45, 7) is 0. The number of nitriles is 2. The first kappa shape index (κ1) is 20.8. The number of thioether (sulfide) groups is 1. The predicted molar refractivity (Wildman–Crippen MR) is 88.4 cm³/mol. The molecule has 0 spiro atoms. The van der Waals surface area contributed by atoms with E-state index in [2.05, 4.69) is 4.99 Å². The van der Waals surface area contributed by atoms with Crippen molar-refractivity contribution < 1.29 is 13.2 Å². The molecule has 0 aromatic heterocycles. The lowest BCUT2D eigenvalue weighted by Crippen LogP contribution is -2.02. The minimum atomic E-state index is -4.66. The Balaban J connectivity index is 3.50. The van der Waals surface area contributed by atoms with Crippen LogP contribution in [0.2, 0.25) is 20.1 Å². The summed E-state index contributed by atoms with van der Waals surface area (Å²) < 4.78 is 37.6. The Morgan fingerprint density at radius 2 is 1.54 bits per heavy atom. The summed E-state index contributed by atoms with van der Waals surface area (Å²) in [7, 11) is 0. The summed E-state index contributed by atoms with van der Waals surface area (Å²) in [5.74, 6) is 0. The van der Waals surface area contributed by atoms with Crippen molar-refractivity contribution in [3.8, 4) is 12.1 Å². The smallest absolute Gasteiger partial charge is 0.388 e. The highest BCUT2D eigenvalue weighted by molar-refractivity contribution is 8.00. The van der Waals surface area contributed by atoms with Crippen LogP contribution < -0.4 is 5.73 Å². The first-order valence-corrected chi connectivity index (χ1v) is 7.82. The molecule has 1 aromatic rings. The predicted octanol–water partition coefficient (Wildman–Crippen LogP) is 5.55. The topological polar surface area (TPSA) is 86.0 Å². The number of benzene rings is 1. The molecule has 0 aliphatic heterocycles. The van der Waals surface area contributed by atoms with Crippen LogP contribution in [0.15, 0.2) is 21.3 Å². The Kier molecular flexibility index (Phi) is 7.09. The molecule has 0 unspecified atom stereocenters. The van der Waals surface area contributed by atoms with E-state index in [1.165, 1.54) is 6.07 Å². The SMILES string of the molecule is N#C/C(N)=C(C#N)/N=C/c1c(Cl)c(Cl)c(SC(F)(F)F)c(Cl)c1Cl. The molecule has 0 radical (unpaired) electrons. The Hall–Kier alpha value is -1.29. The van der Waals surface area contributed by atoms with Crippen molar-refractivity contribution in [2.45, 2.75) is 10.4 Å². The van der Waals surface area contributed by atoms with E-state index >= 15 is 0 Å². The largest absolute Gasteiger partial charge is 0.446 e. The van der Waals surface area contributed by atoms with Crippen molar-refractivity contribution in [3.05, 3.63) is 37.0 Å². The molecule has 0 saturated heterocycles. The number of hydrogen-bond donors (Lipinski definition) is 1. The molecule has 2 N–H and O–H groups in total. The highest BCUT2D eigenvalue weighted by Crippen LogP contribution is 2.49. The zero-order valence-corrected chi connectivity index (χ0v) is 14.9. The van der Waals surface area contributed by atoms with E-state index < -0.39 is 43.6 Å². The van der Waals surface area contributed by atoms with Crippen molar-refractivity contribution in [3.63, 3.8) is 0 Å². The van der Waals surface area contributed by atoms with Gasteiger partial charge in [0.2, 0.25) is 0 Å². The van der Waals surface area contributed by atoms with Gasteiger partial charge in [0, 0.05) is 11.8 Å². The zero-order chi connectivity index (χ0) is 18.7. The molecule has 24 heavy (non-hydrogen) atoms. The third kappa shape index (κ3) is 4.85. The van der Waals surface area contributed by atoms with Crippen LogP contribution in [0.5, 0.6) is 0 Å². The van der Waals surface area contributed by atoms with Crippen molar-refractivity contribution in [1.29, 1.82) is 10.5 Å². The molecule has 1 rings (SSSR count). The van der Waals surface area contributed by atoms with Crippen LogP contribution in [-0.2, 0) is 0 Å². The average molecular weight is 434 g/mol. The van der Waals surface area contributed by atoms with E-state index in [-0.39, 0.29) is 15.6 Å². The number of nitrogens with two attached hydrogens (primary N) is 1. The molecule has 1 aromatic carbocycles. The van der Waals surface area contributed by atoms with Gasteiger partial charge in [0.05, 0.1) is 25.0 Å². The second kappa shape index (κ2) is 8.19. The minimum Gasteiger partial charge on any atom is -0.388 e. The maximum atomic E-state index is 12.5. The van der Waals surface area contributed by atoms with E-state index in [1.807, 2.05) is 0 Å². The quantitative estimate of drug-likeness (QED) is 0.293. The number of aliphatic imine (C=N–C) groups is 1. The molecule has 4 nitrogen and oxygen atoms in total. The number of nitrogens with zero attached hydrogens (tertiary/aromatic N) is 3. The lowest BCUT2D eigenvalue weighted by molar-refractivity contribution is -0.0328. The monoisotopic (exact) mass is 432 g/mol. The van der Waals surface area contributed by atoms with Crippen LogP contribution in [0.4, 0.5) is 13.2 Å². The number of alkyl halides is 3. The van der Waals surface area contributed by atoms with Gasteiger partial charge in [-0.2, -0.15) is 23.7 Å². The fourth-order valence-electron chi connectivity index (χ4n) is 1.29. The molecular formula is C12H3Cl4F3N4S. The fraction of sp³-hybridized carbons (Fsp3) is 0.0833. The molecular weight excluding hydrogens is 431 g/mol. The lowest BCUT2D eigenvalue weighted by atomic mass is 10.2. The van der Waals surface area contributed by atoms with E-state index in [4.69, 9.17) is 62.7 Å². The van der Waals surface area contributed by atoms with Crippen LogP contribution in [0.1, 0.15) is 5.56 Å². The number of halogens is 7. The van der Waals surface area contributed by atoms with Crippen molar-refractivity contribution in [1.82, 2.24) is 0 Å². The maximum Gasteiger partial charge on any atom is 0.446 e. The third-order valence-corrected chi connectivity index (χ3v) is 5.08. The standard InChI is InChI=1S/C12H3Cl4F3N4S/c13-7-4(3-23-6(2-21)5(22)1-20)8(14)10(16)11(9(7)15)24-12(17,18)19/h3H,22H2/b6-5-,23-3+. The van der Waals surface area contributed by atoms with Gasteiger partial charge in [0.25, 0.3) is 0 Å². The van der Waals surface area contributed by atoms with Gasteiger partial charge < -0.3 is 5.73 Å². The van der Waals surface area contributed by atoms with Gasteiger partial charge in [-0.1, -0.05) is 46.4 Å². The van der Waals surface area contributed by atoms with E-state index in [1.54, 1.807) is 6.07 Å². The van der Waals surface area contributed by atoms with Crippen molar-refractivity contribution in [2.24, 2.45) is 10.7 Å². The van der Waals surface area contributed by atoms with Crippen LogP contribution >= 0.6 is 58.2 Å². The van der Waals surface area contributed by atoms with Gasteiger partial charge in [-0.15, -0.1) is 0 Å². The summed E-state index contributed by atoms with van der Waals surface area (Å²) in [5.41, 5.74) is -0.438. The van der Waals surface area contributed by atoms with Crippen LogP contribution in [0.25, 0.3) is 0 Å². The minimum absolute atomic E-state index is 0.127. The first-order valence-electron chi connectivity index (χ1n) is 5.49.